The van der Waals surface area contributed by atoms with E-state index in [1.807, 2.05) is 20.8 Å². The van der Waals surface area contributed by atoms with E-state index in [-0.39, 0.29) is 18.0 Å². The summed E-state index contributed by atoms with van der Waals surface area (Å²) < 4.78 is 26.4. The molecule has 3 nitrogen and oxygen atoms in total. The van der Waals surface area contributed by atoms with Crippen molar-refractivity contribution < 1.29 is 8.42 Å². The highest BCUT2D eigenvalue weighted by Gasteiger charge is 2.49. The minimum absolute atomic E-state index is 0.00484. The molecule has 0 N–H and O–H groups in total. The molecule has 0 saturated carbocycles. The van der Waals surface area contributed by atoms with Crippen LogP contribution < -0.4 is 0 Å². The molecule has 1 fully saturated rings. The summed E-state index contributed by atoms with van der Waals surface area (Å²) in [7, 11) is -3.42. The third kappa shape index (κ3) is 1.84. The van der Waals surface area contributed by atoms with E-state index in [9.17, 15) is 8.42 Å². The van der Waals surface area contributed by atoms with Crippen LogP contribution in [0.1, 0.15) is 19.4 Å². The maximum Gasteiger partial charge on any atom is 0.243 e. The van der Waals surface area contributed by atoms with E-state index in [1.54, 1.807) is 24.3 Å². The van der Waals surface area contributed by atoms with Gasteiger partial charge in [-0.15, -0.1) is 6.42 Å². The van der Waals surface area contributed by atoms with Gasteiger partial charge >= 0.3 is 0 Å². The molecule has 1 heterocycles. The van der Waals surface area contributed by atoms with Gasteiger partial charge in [0.25, 0.3) is 0 Å². The normalized spacial score (nSPS) is 25.4. The molecule has 0 bridgehead atoms. The molecule has 1 aliphatic heterocycles. The standard InChI is InChI=1S/C14H17NO2S/c1-5-14-11(3)15(12(14)4)18(16,17)13-8-6-10(2)7-9-13/h1,6-9,11-12,14H,2-4H3/t11-,12-/m0/s1. The zero-order valence-corrected chi connectivity index (χ0v) is 11.6. The number of rotatable bonds is 2. The van der Waals surface area contributed by atoms with Gasteiger partial charge in [-0.25, -0.2) is 8.42 Å². The molecule has 0 radical (unpaired) electrons. The van der Waals surface area contributed by atoms with E-state index in [1.165, 1.54) is 4.31 Å². The molecule has 4 heteroatoms. The van der Waals surface area contributed by atoms with Gasteiger partial charge in [-0.1, -0.05) is 23.6 Å². The van der Waals surface area contributed by atoms with Crippen LogP contribution in [0.5, 0.6) is 0 Å². The highest BCUT2D eigenvalue weighted by Crippen LogP contribution is 2.36. The van der Waals surface area contributed by atoms with Crippen molar-refractivity contribution in [1.82, 2.24) is 4.31 Å². The molecule has 0 amide bonds. The fourth-order valence-corrected chi connectivity index (χ4v) is 4.40. The maximum absolute atomic E-state index is 12.5. The van der Waals surface area contributed by atoms with Gasteiger partial charge in [-0.2, -0.15) is 4.31 Å². The first kappa shape index (κ1) is 13.1. The van der Waals surface area contributed by atoms with Gasteiger partial charge < -0.3 is 0 Å². The lowest BCUT2D eigenvalue weighted by molar-refractivity contribution is 0.0845. The lowest BCUT2D eigenvalue weighted by atomic mass is 9.86. The van der Waals surface area contributed by atoms with Crippen LogP contribution in [0.15, 0.2) is 29.2 Å². The summed E-state index contributed by atoms with van der Waals surface area (Å²) in [6.07, 6.45) is 5.41. The highest BCUT2D eigenvalue weighted by atomic mass is 32.2. The van der Waals surface area contributed by atoms with Gasteiger partial charge in [0.1, 0.15) is 0 Å². The first-order valence-corrected chi connectivity index (χ1v) is 7.40. The largest absolute Gasteiger partial charge is 0.243 e. The van der Waals surface area contributed by atoms with E-state index < -0.39 is 10.0 Å². The van der Waals surface area contributed by atoms with Gasteiger partial charge in [0.2, 0.25) is 10.0 Å². The predicted octanol–water partition coefficient (Wildman–Crippen LogP) is 2.03. The Morgan fingerprint density at radius 2 is 1.67 bits per heavy atom. The summed E-state index contributed by atoms with van der Waals surface area (Å²) in [5, 5.41) is 0. The number of benzene rings is 1. The molecular weight excluding hydrogens is 246 g/mol. The average molecular weight is 263 g/mol. The first-order chi connectivity index (χ1) is 8.39. The van der Waals surface area contributed by atoms with Gasteiger partial charge in [0, 0.05) is 12.1 Å². The quantitative estimate of drug-likeness (QED) is 0.766. The van der Waals surface area contributed by atoms with E-state index >= 15 is 0 Å². The van der Waals surface area contributed by atoms with Crippen molar-refractivity contribution in [3.05, 3.63) is 29.8 Å². The molecule has 2 atom stereocenters. The second-order valence-electron chi connectivity index (χ2n) is 4.82. The second-order valence-corrected chi connectivity index (χ2v) is 6.66. The average Bonchev–Trinajstić information content (AvgIpc) is 2.29. The molecule has 1 aliphatic rings. The zero-order valence-electron chi connectivity index (χ0n) is 10.8. The second kappa shape index (κ2) is 4.42. The minimum atomic E-state index is -3.42. The molecule has 96 valence electrons. The van der Waals surface area contributed by atoms with Gasteiger partial charge in [0.15, 0.2) is 0 Å². The van der Waals surface area contributed by atoms with Crippen LogP contribution in [0.4, 0.5) is 0 Å². The number of nitrogens with zero attached hydrogens (tertiary/aromatic N) is 1. The van der Waals surface area contributed by atoms with Crippen LogP contribution in [-0.2, 0) is 10.0 Å². The highest BCUT2D eigenvalue weighted by molar-refractivity contribution is 7.89. The fraction of sp³-hybridized carbons (Fsp3) is 0.429. The Bertz CT molecular complexity index is 573. The molecule has 18 heavy (non-hydrogen) atoms. The van der Waals surface area contributed by atoms with Crippen LogP contribution in [0.3, 0.4) is 0 Å². The Balaban J connectivity index is 2.34. The monoisotopic (exact) mass is 263 g/mol. The smallest absolute Gasteiger partial charge is 0.207 e. The molecule has 2 rings (SSSR count). The van der Waals surface area contributed by atoms with Crippen molar-refractivity contribution in [2.45, 2.75) is 37.8 Å². The molecule has 0 aromatic heterocycles. The first-order valence-electron chi connectivity index (χ1n) is 5.96. The van der Waals surface area contributed by atoms with E-state index in [4.69, 9.17) is 6.42 Å². The topological polar surface area (TPSA) is 37.4 Å². The summed E-state index contributed by atoms with van der Waals surface area (Å²) in [5.41, 5.74) is 1.04. The van der Waals surface area contributed by atoms with E-state index in [0.717, 1.165) is 5.56 Å². The van der Waals surface area contributed by atoms with Crippen LogP contribution in [0.2, 0.25) is 0 Å². The Morgan fingerprint density at radius 1 is 1.17 bits per heavy atom. The third-order valence-electron chi connectivity index (χ3n) is 3.63. The van der Waals surface area contributed by atoms with Crippen molar-refractivity contribution >= 4 is 10.0 Å². The number of aryl methyl sites for hydroxylation is 1. The number of sulfonamides is 1. The maximum atomic E-state index is 12.5. The van der Waals surface area contributed by atoms with E-state index in [2.05, 4.69) is 5.92 Å². The van der Waals surface area contributed by atoms with Crippen LogP contribution in [0, 0.1) is 25.2 Å². The summed E-state index contributed by atoms with van der Waals surface area (Å²) >= 11 is 0. The van der Waals surface area contributed by atoms with Crippen molar-refractivity contribution in [1.29, 1.82) is 0 Å². The summed E-state index contributed by atoms with van der Waals surface area (Å²) in [4.78, 5) is 0.335. The molecule has 1 aromatic carbocycles. The van der Waals surface area contributed by atoms with Crippen LogP contribution in [-0.4, -0.2) is 24.8 Å². The Labute approximate surface area is 109 Å². The molecule has 0 unspecified atom stereocenters. The number of hydrogen-bond acceptors (Lipinski definition) is 2. The molecule has 0 aliphatic carbocycles. The zero-order chi connectivity index (χ0) is 13.5. The lowest BCUT2D eigenvalue weighted by Gasteiger charge is -2.48. The summed E-state index contributed by atoms with van der Waals surface area (Å²) in [6.45, 7) is 5.65. The Morgan fingerprint density at radius 3 is 2.11 bits per heavy atom. The number of hydrogen-bond donors (Lipinski definition) is 0. The Hall–Kier alpha value is -1.31. The fourth-order valence-electron chi connectivity index (χ4n) is 2.54. The van der Waals surface area contributed by atoms with Crippen molar-refractivity contribution in [3.8, 4) is 12.3 Å². The molecule has 0 spiro atoms. The van der Waals surface area contributed by atoms with Gasteiger partial charge in [-0.3, -0.25) is 0 Å². The predicted molar refractivity (Wildman–Crippen MR) is 71.5 cm³/mol. The molecular formula is C14H17NO2S. The third-order valence-corrected chi connectivity index (χ3v) is 5.72. The van der Waals surface area contributed by atoms with E-state index in [0.29, 0.717) is 4.90 Å². The van der Waals surface area contributed by atoms with Crippen LogP contribution >= 0.6 is 0 Å². The SMILES string of the molecule is C#CC1[C@H](C)N(S(=O)(=O)c2ccc(C)cc2)[C@H]1C. The molecule has 1 saturated heterocycles. The van der Waals surface area contributed by atoms with Gasteiger partial charge in [0.05, 0.1) is 10.8 Å². The van der Waals surface area contributed by atoms with Crippen molar-refractivity contribution in [2.24, 2.45) is 5.92 Å². The molecule has 1 aromatic rings. The number of terminal acetylenes is 1. The minimum Gasteiger partial charge on any atom is -0.207 e. The van der Waals surface area contributed by atoms with Crippen molar-refractivity contribution in [3.63, 3.8) is 0 Å². The van der Waals surface area contributed by atoms with Crippen LogP contribution in [0.25, 0.3) is 0 Å². The lowest BCUT2D eigenvalue weighted by Crippen LogP contribution is -2.62. The summed E-state index contributed by atoms with van der Waals surface area (Å²) in [6, 6.07) is 6.65. The summed E-state index contributed by atoms with van der Waals surface area (Å²) in [5.74, 6) is 2.66. The Kier molecular flexibility index (Phi) is 3.22. The van der Waals surface area contributed by atoms with Gasteiger partial charge in [-0.05, 0) is 32.9 Å². The van der Waals surface area contributed by atoms with Crippen molar-refractivity contribution in [2.75, 3.05) is 0 Å².